The molecule has 2 aliphatic heterocycles. The summed E-state index contributed by atoms with van der Waals surface area (Å²) in [5.74, 6) is -0.423. The van der Waals surface area contributed by atoms with Gasteiger partial charge < -0.3 is 4.90 Å². The summed E-state index contributed by atoms with van der Waals surface area (Å²) in [5, 5.41) is 0.465. The van der Waals surface area contributed by atoms with Gasteiger partial charge in [-0.25, -0.2) is 14.4 Å². The van der Waals surface area contributed by atoms with Gasteiger partial charge in [0.25, 0.3) is 6.04 Å². The molecule has 0 spiro atoms. The summed E-state index contributed by atoms with van der Waals surface area (Å²) >= 11 is 0. The fourth-order valence-corrected chi connectivity index (χ4v) is 3.85. The van der Waals surface area contributed by atoms with Gasteiger partial charge in [0.2, 0.25) is 5.91 Å². The van der Waals surface area contributed by atoms with Gasteiger partial charge in [-0.15, -0.1) is 0 Å². The van der Waals surface area contributed by atoms with Crippen LogP contribution in [-0.4, -0.2) is 50.3 Å². The number of hydrogen-bond donors (Lipinski definition) is 0. The first kappa shape index (κ1) is 20.0. The Labute approximate surface area is 170 Å². The molecule has 1 saturated heterocycles. The van der Waals surface area contributed by atoms with Crippen molar-refractivity contribution >= 4 is 5.91 Å². The van der Waals surface area contributed by atoms with E-state index >= 15 is 0 Å². The summed E-state index contributed by atoms with van der Waals surface area (Å²) < 4.78 is 39.6. The molecule has 2 aromatic rings. The Morgan fingerprint density at radius 1 is 1.23 bits per heavy atom. The number of rotatable bonds is 4. The van der Waals surface area contributed by atoms with Crippen molar-refractivity contribution in [3.05, 3.63) is 64.6 Å². The quantitative estimate of drug-likeness (QED) is 0.434. The number of fused-ring (bicyclic) bond motifs is 1. The van der Waals surface area contributed by atoms with Crippen LogP contribution in [0.5, 0.6) is 0 Å². The normalized spacial score (nSPS) is 18.7. The third-order valence-corrected chi connectivity index (χ3v) is 5.38. The van der Waals surface area contributed by atoms with E-state index in [1.807, 2.05) is 0 Å². The molecule has 2 aliphatic rings. The predicted octanol–water partition coefficient (Wildman–Crippen LogP) is 3.02. The van der Waals surface area contributed by atoms with Crippen molar-refractivity contribution in [2.24, 2.45) is 0 Å². The molecule has 10 heteroatoms. The van der Waals surface area contributed by atoms with Crippen LogP contribution in [0.2, 0.25) is 0 Å². The highest BCUT2D eigenvalue weighted by Gasteiger charge is 2.48. The molecule has 0 aliphatic carbocycles. The van der Waals surface area contributed by atoms with Gasteiger partial charge in [0, 0.05) is 24.1 Å². The first-order chi connectivity index (χ1) is 14.4. The van der Waals surface area contributed by atoms with Crippen LogP contribution in [0, 0.1) is 10.7 Å². The van der Waals surface area contributed by atoms with Crippen LogP contribution in [0.4, 0.5) is 13.2 Å². The maximum atomic E-state index is 13.3. The Morgan fingerprint density at radius 2 is 1.97 bits per heavy atom. The van der Waals surface area contributed by atoms with Crippen molar-refractivity contribution in [3.8, 4) is 11.4 Å². The lowest BCUT2D eigenvalue weighted by molar-refractivity contribution is -0.735. The highest BCUT2D eigenvalue weighted by molar-refractivity contribution is 5.87. The molecule has 1 fully saturated rings. The summed E-state index contributed by atoms with van der Waals surface area (Å²) in [6, 6.07) is 4.66. The van der Waals surface area contributed by atoms with E-state index in [4.69, 9.17) is 0 Å². The summed E-state index contributed by atoms with van der Waals surface area (Å²) in [7, 11) is 0. The molecular formula is C20H19F3N5O2+. The van der Waals surface area contributed by atoms with Crippen molar-refractivity contribution in [3.63, 3.8) is 0 Å². The summed E-state index contributed by atoms with van der Waals surface area (Å²) in [5.41, 5.74) is 2.14. The number of hydrazine groups is 1. The average Bonchev–Trinajstić information content (AvgIpc) is 3.13. The van der Waals surface area contributed by atoms with Crippen LogP contribution in [0.15, 0.2) is 36.9 Å². The number of amides is 1. The number of carbonyl (C=O) groups is 1. The lowest BCUT2D eigenvalue weighted by Crippen LogP contribution is -2.37. The fourth-order valence-electron chi connectivity index (χ4n) is 3.85. The first-order valence-electron chi connectivity index (χ1n) is 9.47. The van der Waals surface area contributed by atoms with E-state index in [1.54, 1.807) is 4.90 Å². The second-order valence-electron chi connectivity index (χ2n) is 7.13. The number of benzene rings is 1. The van der Waals surface area contributed by atoms with E-state index < -0.39 is 18.4 Å². The molecule has 1 amide bonds. The predicted molar refractivity (Wildman–Crippen MR) is 100 cm³/mol. The van der Waals surface area contributed by atoms with Gasteiger partial charge in [-0.1, -0.05) is 11.6 Å². The first-order valence-corrected chi connectivity index (χ1v) is 9.47. The molecule has 156 valence electrons. The molecule has 0 bridgehead atoms. The van der Waals surface area contributed by atoms with Gasteiger partial charge >= 0.3 is 6.55 Å². The van der Waals surface area contributed by atoms with Gasteiger partial charge in [0.05, 0.1) is 23.7 Å². The van der Waals surface area contributed by atoms with Crippen molar-refractivity contribution in [1.29, 1.82) is 0 Å². The third kappa shape index (κ3) is 3.53. The maximum absolute atomic E-state index is 13.3. The molecule has 1 unspecified atom stereocenters. The summed E-state index contributed by atoms with van der Waals surface area (Å²) in [6.45, 7) is 1.08. The molecule has 7 nitrogen and oxygen atoms in total. The topological polar surface area (TPSA) is 69.4 Å². The van der Waals surface area contributed by atoms with E-state index in [9.17, 15) is 22.9 Å². The smallest absolute Gasteiger partial charge is 0.333 e. The Kier molecular flexibility index (Phi) is 5.23. The van der Waals surface area contributed by atoms with Crippen LogP contribution in [0.3, 0.4) is 0 Å². The number of alkyl halides is 2. The van der Waals surface area contributed by atoms with E-state index in [1.165, 1.54) is 30.3 Å². The SMILES string of the molecule is C=CC(=O)N1CCc2c(nc(-c3ccc(F)cc3)nc2C2CCN(C(F)F)[N+]2=O)C1. The van der Waals surface area contributed by atoms with Crippen molar-refractivity contribution in [2.75, 3.05) is 13.1 Å². The van der Waals surface area contributed by atoms with Gasteiger partial charge in [-0.05, 0) is 36.8 Å². The minimum Gasteiger partial charge on any atom is -0.333 e. The molecule has 3 heterocycles. The summed E-state index contributed by atoms with van der Waals surface area (Å²) in [4.78, 5) is 35.5. The maximum Gasteiger partial charge on any atom is 0.362 e. The Morgan fingerprint density at radius 3 is 2.60 bits per heavy atom. The van der Waals surface area contributed by atoms with E-state index in [-0.39, 0.29) is 36.1 Å². The van der Waals surface area contributed by atoms with Crippen LogP contribution in [-0.2, 0) is 17.8 Å². The minimum atomic E-state index is -2.90. The molecule has 0 radical (unpaired) electrons. The Hall–Kier alpha value is -3.30. The zero-order chi connectivity index (χ0) is 21.4. The van der Waals surface area contributed by atoms with Gasteiger partial charge in [0.1, 0.15) is 16.4 Å². The van der Waals surface area contributed by atoms with Gasteiger partial charge in [0.15, 0.2) is 5.82 Å². The monoisotopic (exact) mass is 418 g/mol. The number of carbonyl (C=O) groups excluding carboxylic acids is 1. The minimum absolute atomic E-state index is 0.0857. The zero-order valence-electron chi connectivity index (χ0n) is 16.0. The van der Waals surface area contributed by atoms with Crippen LogP contribution < -0.4 is 0 Å². The zero-order valence-corrected chi connectivity index (χ0v) is 16.0. The summed E-state index contributed by atoms with van der Waals surface area (Å²) in [6.07, 6.45) is 1.80. The second kappa shape index (κ2) is 7.85. The molecule has 1 aromatic heterocycles. The number of nitroso groups, excluding NO2 is 1. The number of aromatic nitrogens is 2. The Balaban J connectivity index is 1.80. The molecule has 1 atom stereocenters. The van der Waals surface area contributed by atoms with E-state index in [2.05, 4.69) is 16.5 Å². The lowest BCUT2D eigenvalue weighted by atomic mass is 9.97. The number of nitrogens with zero attached hydrogens (tertiary/aromatic N) is 5. The van der Waals surface area contributed by atoms with E-state index in [0.717, 1.165) is 0 Å². The van der Waals surface area contributed by atoms with E-state index in [0.29, 0.717) is 40.5 Å². The van der Waals surface area contributed by atoms with Crippen molar-refractivity contribution in [1.82, 2.24) is 19.9 Å². The largest absolute Gasteiger partial charge is 0.362 e. The van der Waals surface area contributed by atoms with Gasteiger partial charge in [-0.3, -0.25) is 4.79 Å². The van der Waals surface area contributed by atoms with Crippen LogP contribution >= 0.6 is 0 Å². The van der Waals surface area contributed by atoms with Crippen molar-refractivity contribution < 1.29 is 22.8 Å². The van der Waals surface area contributed by atoms with Gasteiger partial charge in [-0.2, -0.15) is 8.78 Å². The lowest BCUT2D eigenvalue weighted by Gasteiger charge is -2.28. The highest BCUT2D eigenvalue weighted by atomic mass is 19.3. The van der Waals surface area contributed by atoms with Crippen molar-refractivity contribution in [2.45, 2.75) is 32.0 Å². The molecule has 4 rings (SSSR count). The molecule has 0 N–H and O–H groups in total. The Bertz CT molecular complexity index is 1010. The number of hydrogen-bond acceptors (Lipinski definition) is 4. The van der Waals surface area contributed by atoms with Crippen LogP contribution in [0.1, 0.15) is 29.4 Å². The fraction of sp³-hybridized carbons (Fsp3) is 0.350. The highest BCUT2D eigenvalue weighted by Crippen LogP contribution is 2.35. The molecule has 0 saturated carbocycles. The third-order valence-electron chi connectivity index (χ3n) is 5.38. The molecule has 30 heavy (non-hydrogen) atoms. The molecular weight excluding hydrogens is 399 g/mol. The average molecular weight is 418 g/mol. The molecule has 1 aromatic carbocycles. The second-order valence-corrected chi connectivity index (χ2v) is 7.13. The standard InChI is InChI=1S/C20H19F3N5O2/c1-2-17(29)26-9-7-14-15(11-26)24-19(12-3-5-13(21)6-4-12)25-18(14)16-8-10-27(20(22)23)28(16)30/h2-6,16,20H,1,7-11H2/q+1. The number of halogens is 3. The van der Waals surface area contributed by atoms with Crippen LogP contribution in [0.25, 0.3) is 11.4 Å².